The van der Waals surface area contributed by atoms with Crippen LogP contribution in [0.4, 0.5) is 0 Å². The first-order valence-electron chi connectivity index (χ1n) is 9.05. The second-order valence-corrected chi connectivity index (χ2v) is 6.76. The molecule has 2 aliphatic heterocycles. The van der Waals surface area contributed by atoms with Crippen LogP contribution in [0.3, 0.4) is 0 Å². The first kappa shape index (κ1) is 17.1. The molecule has 1 amide bonds. The molecular formula is C19H28N2O3. The lowest BCUT2D eigenvalue weighted by Gasteiger charge is -2.40. The maximum atomic E-state index is 12.4. The Hall–Kier alpha value is -1.75. The molecule has 2 saturated heterocycles. The summed E-state index contributed by atoms with van der Waals surface area (Å²) in [6.45, 7) is 4.05. The van der Waals surface area contributed by atoms with Crippen LogP contribution in [0.25, 0.3) is 0 Å². The average Bonchev–Trinajstić information content (AvgIpc) is 2.53. The Morgan fingerprint density at radius 1 is 1.08 bits per heavy atom. The van der Waals surface area contributed by atoms with Gasteiger partial charge >= 0.3 is 0 Å². The highest BCUT2D eigenvalue weighted by molar-refractivity contribution is 5.79. The van der Waals surface area contributed by atoms with Gasteiger partial charge in [-0.3, -0.25) is 9.69 Å². The van der Waals surface area contributed by atoms with Gasteiger partial charge in [-0.1, -0.05) is 25.3 Å². The van der Waals surface area contributed by atoms with Gasteiger partial charge in [0.2, 0.25) is 5.91 Å². The summed E-state index contributed by atoms with van der Waals surface area (Å²) in [4.78, 5) is 16.6. The summed E-state index contributed by atoms with van der Waals surface area (Å²) in [6.07, 6.45) is 6.46. The van der Waals surface area contributed by atoms with Gasteiger partial charge in [-0.15, -0.1) is 0 Å². The first-order chi connectivity index (χ1) is 11.7. The Bertz CT molecular complexity index is 535. The zero-order valence-electron chi connectivity index (χ0n) is 14.6. The van der Waals surface area contributed by atoms with Crippen LogP contribution in [0.2, 0.25) is 0 Å². The molecule has 0 N–H and O–H groups in total. The molecule has 0 atom stereocenters. The Balaban J connectivity index is 1.41. The summed E-state index contributed by atoms with van der Waals surface area (Å²) in [7, 11) is 1.65. The van der Waals surface area contributed by atoms with Crippen molar-refractivity contribution in [3.05, 3.63) is 24.3 Å². The molecule has 0 radical (unpaired) electrons. The zero-order chi connectivity index (χ0) is 16.8. The van der Waals surface area contributed by atoms with E-state index in [0.717, 1.165) is 24.6 Å². The summed E-state index contributed by atoms with van der Waals surface area (Å²) in [5, 5.41) is 0. The lowest BCUT2D eigenvalue weighted by atomic mass is 10.1. The van der Waals surface area contributed by atoms with Crippen LogP contribution in [0.15, 0.2) is 24.3 Å². The van der Waals surface area contributed by atoms with E-state index in [4.69, 9.17) is 9.47 Å². The molecule has 3 rings (SSSR count). The van der Waals surface area contributed by atoms with Gasteiger partial charge in [0.15, 0.2) is 0 Å². The molecule has 0 bridgehead atoms. The Kier molecular flexibility index (Phi) is 5.96. The molecule has 2 heterocycles. The van der Waals surface area contributed by atoms with E-state index in [-0.39, 0.29) is 12.0 Å². The molecule has 5 heteroatoms. The normalized spacial score (nSPS) is 20.0. The van der Waals surface area contributed by atoms with Crippen molar-refractivity contribution in [1.82, 2.24) is 9.80 Å². The number of rotatable bonds is 5. The van der Waals surface area contributed by atoms with Crippen molar-refractivity contribution >= 4 is 5.91 Å². The maximum absolute atomic E-state index is 12.4. The lowest BCUT2D eigenvalue weighted by molar-refractivity contribution is -0.141. The minimum atomic E-state index is 0.0911. The number of methoxy groups -OCH3 is 1. The summed E-state index contributed by atoms with van der Waals surface area (Å²) in [6, 6.07) is 7.61. The highest BCUT2D eigenvalue weighted by Gasteiger charge is 2.32. The number of amides is 1. The minimum absolute atomic E-state index is 0.0911. The topological polar surface area (TPSA) is 42.0 Å². The smallest absolute Gasteiger partial charge is 0.237 e. The summed E-state index contributed by atoms with van der Waals surface area (Å²) in [5.74, 6) is 1.83. The average molecular weight is 332 g/mol. The van der Waals surface area contributed by atoms with E-state index in [1.807, 2.05) is 29.2 Å². The van der Waals surface area contributed by atoms with Crippen molar-refractivity contribution in [1.29, 1.82) is 0 Å². The van der Waals surface area contributed by atoms with E-state index < -0.39 is 0 Å². The van der Waals surface area contributed by atoms with Crippen LogP contribution >= 0.6 is 0 Å². The predicted octanol–water partition coefficient (Wildman–Crippen LogP) is 2.55. The number of benzene rings is 1. The Morgan fingerprint density at radius 2 is 1.75 bits per heavy atom. The summed E-state index contributed by atoms with van der Waals surface area (Å²) >= 11 is 0. The number of carbonyl (C=O) groups is 1. The molecule has 1 aromatic carbocycles. The largest absolute Gasteiger partial charge is 0.497 e. The van der Waals surface area contributed by atoms with Crippen molar-refractivity contribution in [2.75, 3.05) is 39.8 Å². The van der Waals surface area contributed by atoms with Crippen LogP contribution in [0, 0.1) is 0 Å². The summed E-state index contributed by atoms with van der Waals surface area (Å²) in [5.41, 5.74) is 0. The van der Waals surface area contributed by atoms with E-state index in [2.05, 4.69) is 4.90 Å². The fraction of sp³-hybridized carbons (Fsp3) is 0.632. The predicted molar refractivity (Wildman–Crippen MR) is 93.5 cm³/mol. The fourth-order valence-electron chi connectivity index (χ4n) is 3.35. The molecule has 2 aliphatic rings. The third kappa shape index (κ3) is 4.63. The van der Waals surface area contributed by atoms with E-state index in [9.17, 15) is 4.79 Å². The lowest BCUT2D eigenvalue weighted by Crippen LogP contribution is -2.58. The standard InChI is InChI=1S/C19H28N2O3/c1-23-16-8-7-9-17(12-16)24-18-13-21(14-18)19(22)15-20-10-5-3-2-4-6-11-20/h7-9,12,18H,2-6,10-11,13-15H2,1H3. The molecule has 0 aromatic heterocycles. The highest BCUT2D eigenvalue weighted by Crippen LogP contribution is 2.23. The molecule has 24 heavy (non-hydrogen) atoms. The minimum Gasteiger partial charge on any atom is -0.497 e. The van der Waals surface area contributed by atoms with E-state index in [1.54, 1.807) is 7.11 Å². The van der Waals surface area contributed by atoms with Crippen LogP contribution in [0.1, 0.15) is 32.1 Å². The van der Waals surface area contributed by atoms with Gasteiger partial charge in [0.1, 0.15) is 17.6 Å². The SMILES string of the molecule is COc1cccc(OC2CN(C(=O)CN3CCCCCCC3)C2)c1. The number of ether oxygens (including phenoxy) is 2. The van der Waals surface area contributed by atoms with Crippen molar-refractivity contribution in [3.63, 3.8) is 0 Å². The van der Waals surface area contributed by atoms with Gasteiger partial charge in [0, 0.05) is 6.07 Å². The fourth-order valence-corrected chi connectivity index (χ4v) is 3.35. The number of hydrogen-bond donors (Lipinski definition) is 0. The molecule has 2 fully saturated rings. The second kappa shape index (κ2) is 8.38. The summed E-state index contributed by atoms with van der Waals surface area (Å²) < 4.78 is 11.1. The van der Waals surface area contributed by atoms with Crippen molar-refractivity contribution in [3.8, 4) is 11.5 Å². The van der Waals surface area contributed by atoms with E-state index in [1.165, 1.54) is 32.1 Å². The number of nitrogens with zero attached hydrogens (tertiary/aromatic N) is 2. The van der Waals surface area contributed by atoms with Crippen molar-refractivity contribution in [2.24, 2.45) is 0 Å². The van der Waals surface area contributed by atoms with E-state index >= 15 is 0 Å². The number of likely N-dealkylation sites (tertiary alicyclic amines) is 2. The van der Waals surface area contributed by atoms with Crippen LogP contribution < -0.4 is 9.47 Å². The highest BCUT2D eigenvalue weighted by atomic mass is 16.5. The van der Waals surface area contributed by atoms with Gasteiger partial charge in [-0.05, 0) is 38.1 Å². The van der Waals surface area contributed by atoms with Crippen LogP contribution in [0.5, 0.6) is 11.5 Å². The first-order valence-corrected chi connectivity index (χ1v) is 9.05. The van der Waals surface area contributed by atoms with E-state index in [0.29, 0.717) is 19.6 Å². The molecule has 0 spiro atoms. The van der Waals surface area contributed by atoms with Crippen LogP contribution in [-0.4, -0.2) is 61.6 Å². The maximum Gasteiger partial charge on any atom is 0.237 e. The molecule has 5 nitrogen and oxygen atoms in total. The van der Waals surface area contributed by atoms with Gasteiger partial charge in [-0.2, -0.15) is 0 Å². The Morgan fingerprint density at radius 3 is 2.46 bits per heavy atom. The Labute approximate surface area is 144 Å². The quantitative estimate of drug-likeness (QED) is 0.831. The molecule has 0 aliphatic carbocycles. The molecular weight excluding hydrogens is 304 g/mol. The molecule has 0 unspecified atom stereocenters. The number of hydrogen-bond acceptors (Lipinski definition) is 4. The third-order valence-electron chi connectivity index (χ3n) is 4.85. The zero-order valence-corrected chi connectivity index (χ0v) is 14.6. The van der Waals surface area contributed by atoms with Gasteiger partial charge in [-0.25, -0.2) is 0 Å². The van der Waals surface area contributed by atoms with Gasteiger partial charge < -0.3 is 14.4 Å². The molecule has 0 saturated carbocycles. The monoisotopic (exact) mass is 332 g/mol. The second-order valence-electron chi connectivity index (χ2n) is 6.76. The molecule has 132 valence electrons. The number of carbonyl (C=O) groups excluding carboxylic acids is 1. The molecule has 1 aromatic rings. The van der Waals surface area contributed by atoms with Crippen molar-refractivity contribution < 1.29 is 14.3 Å². The van der Waals surface area contributed by atoms with Crippen LogP contribution in [-0.2, 0) is 4.79 Å². The van der Waals surface area contributed by atoms with Gasteiger partial charge in [0.05, 0.1) is 26.7 Å². The van der Waals surface area contributed by atoms with Gasteiger partial charge in [0.25, 0.3) is 0 Å². The van der Waals surface area contributed by atoms with Crippen molar-refractivity contribution in [2.45, 2.75) is 38.2 Å². The third-order valence-corrected chi connectivity index (χ3v) is 4.85.